The van der Waals surface area contributed by atoms with Gasteiger partial charge in [0, 0.05) is 19.3 Å². The first-order chi connectivity index (χ1) is 41.0. The van der Waals surface area contributed by atoms with Crippen LogP contribution < -0.4 is 0 Å². The minimum Gasteiger partial charge on any atom is -0.462 e. The molecule has 0 heterocycles. The Morgan fingerprint density at radius 2 is 0.470 bits per heavy atom. The van der Waals surface area contributed by atoms with Gasteiger partial charge < -0.3 is 14.2 Å². The molecule has 0 aromatic rings. The van der Waals surface area contributed by atoms with Crippen LogP contribution in [0.5, 0.6) is 0 Å². The van der Waals surface area contributed by atoms with Crippen LogP contribution in [-0.2, 0) is 28.6 Å². The van der Waals surface area contributed by atoms with Crippen molar-refractivity contribution in [1.82, 2.24) is 0 Å². The maximum atomic E-state index is 13.0. The van der Waals surface area contributed by atoms with E-state index in [2.05, 4.69) is 118 Å². The molecule has 478 valence electrons. The van der Waals surface area contributed by atoms with E-state index in [0.717, 1.165) is 103 Å². The molecule has 0 saturated carbocycles. The van der Waals surface area contributed by atoms with Gasteiger partial charge in [-0.05, 0) is 122 Å². The van der Waals surface area contributed by atoms with Crippen molar-refractivity contribution in [3.63, 3.8) is 0 Å². The summed E-state index contributed by atoms with van der Waals surface area (Å²) in [7, 11) is 0. The molecule has 0 bridgehead atoms. The van der Waals surface area contributed by atoms with Gasteiger partial charge in [-0.2, -0.15) is 0 Å². The molecule has 0 amide bonds. The number of allylic oxidation sites excluding steroid dienone is 16. The normalized spacial score (nSPS) is 12.7. The Hall–Kier alpha value is -3.67. The number of unbranched alkanes of at least 4 members (excludes halogenated alkanes) is 38. The number of esters is 3. The Balaban J connectivity index is 4.30. The fourth-order valence-electron chi connectivity index (χ4n) is 10.2. The number of hydrogen-bond donors (Lipinski definition) is 0. The highest BCUT2D eigenvalue weighted by molar-refractivity contribution is 5.71. The summed E-state index contributed by atoms with van der Waals surface area (Å²) in [5.41, 5.74) is 0. The highest BCUT2D eigenvalue weighted by Gasteiger charge is 2.19. The molecule has 0 aromatic heterocycles. The van der Waals surface area contributed by atoms with Gasteiger partial charge in [-0.15, -0.1) is 0 Å². The number of carbonyl (C=O) groups excluding carboxylic acids is 3. The second kappa shape index (κ2) is 70.8. The van der Waals surface area contributed by atoms with Gasteiger partial charge in [-0.25, -0.2) is 0 Å². The summed E-state index contributed by atoms with van der Waals surface area (Å²) in [4.78, 5) is 38.5. The molecule has 0 N–H and O–H groups in total. The first-order valence-corrected chi connectivity index (χ1v) is 35.7. The van der Waals surface area contributed by atoms with Crippen LogP contribution in [-0.4, -0.2) is 37.2 Å². The summed E-state index contributed by atoms with van der Waals surface area (Å²) in [6, 6.07) is 0. The molecule has 6 nitrogen and oxygen atoms in total. The summed E-state index contributed by atoms with van der Waals surface area (Å²) in [6.07, 6.45) is 95.7. The second-order valence-electron chi connectivity index (χ2n) is 23.8. The van der Waals surface area contributed by atoms with E-state index < -0.39 is 6.10 Å². The molecule has 0 saturated heterocycles. The Bertz CT molecular complexity index is 1610. The highest BCUT2D eigenvalue weighted by Crippen LogP contribution is 2.17. The van der Waals surface area contributed by atoms with E-state index in [-0.39, 0.29) is 31.1 Å². The van der Waals surface area contributed by atoms with Gasteiger partial charge >= 0.3 is 17.9 Å². The zero-order valence-electron chi connectivity index (χ0n) is 54.9. The van der Waals surface area contributed by atoms with Gasteiger partial charge in [-0.1, -0.05) is 311 Å². The number of carbonyl (C=O) groups is 3. The zero-order chi connectivity index (χ0) is 59.9. The fourth-order valence-corrected chi connectivity index (χ4v) is 10.2. The Morgan fingerprint density at radius 3 is 0.747 bits per heavy atom. The molecule has 0 fully saturated rings. The Kier molecular flexibility index (Phi) is 67.7. The van der Waals surface area contributed by atoms with Gasteiger partial charge in [-0.3, -0.25) is 14.4 Å². The van der Waals surface area contributed by atoms with Crippen LogP contribution in [0.15, 0.2) is 97.2 Å². The van der Waals surface area contributed by atoms with Crippen molar-refractivity contribution < 1.29 is 28.6 Å². The average molecular weight is 1160 g/mol. The lowest BCUT2D eigenvalue weighted by Gasteiger charge is -2.18. The van der Waals surface area contributed by atoms with Crippen LogP contribution in [0.25, 0.3) is 0 Å². The van der Waals surface area contributed by atoms with Crippen LogP contribution in [0, 0.1) is 0 Å². The van der Waals surface area contributed by atoms with Crippen molar-refractivity contribution in [3.05, 3.63) is 97.2 Å². The van der Waals surface area contributed by atoms with E-state index in [9.17, 15) is 14.4 Å². The van der Waals surface area contributed by atoms with Crippen LogP contribution >= 0.6 is 0 Å². The minimum absolute atomic E-state index is 0.0801. The van der Waals surface area contributed by atoms with E-state index in [1.807, 2.05) is 0 Å². The predicted molar refractivity (Wildman–Crippen MR) is 362 cm³/mol. The Morgan fingerprint density at radius 1 is 0.253 bits per heavy atom. The van der Waals surface area contributed by atoms with Crippen molar-refractivity contribution in [1.29, 1.82) is 0 Å². The molecule has 0 rings (SSSR count). The summed E-state index contributed by atoms with van der Waals surface area (Å²) in [5, 5.41) is 0. The van der Waals surface area contributed by atoms with Crippen LogP contribution in [0.4, 0.5) is 0 Å². The van der Waals surface area contributed by atoms with Gasteiger partial charge in [0.2, 0.25) is 0 Å². The number of ether oxygens (including phenoxy) is 3. The summed E-state index contributed by atoms with van der Waals surface area (Å²) in [5.74, 6) is -0.877. The van der Waals surface area contributed by atoms with Crippen LogP contribution in [0.3, 0.4) is 0 Å². The molecule has 0 spiro atoms. The topological polar surface area (TPSA) is 78.9 Å². The van der Waals surface area contributed by atoms with Crippen molar-refractivity contribution in [2.24, 2.45) is 0 Å². The molecule has 1 unspecified atom stereocenters. The molecule has 0 radical (unpaired) electrons. The summed E-state index contributed by atoms with van der Waals surface area (Å²) in [6.45, 7) is 6.54. The molecule has 0 aliphatic heterocycles. The Labute approximate surface area is 515 Å². The second-order valence-corrected chi connectivity index (χ2v) is 23.8. The van der Waals surface area contributed by atoms with Crippen LogP contribution in [0.2, 0.25) is 0 Å². The number of hydrogen-bond acceptors (Lipinski definition) is 6. The average Bonchev–Trinajstić information content (AvgIpc) is 3.49. The molecular weight excluding hydrogens is 1020 g/mol. The van der Waals surface area contributed by atoms with Gasteiger partial charge in [0.1, 0.15) is 13.2 Å². The molecule has 0 aliphatic rings. The van der Waals surface area contributed by atoms with Crippen molar-refractivity contribution in [2.45, 2.75) is 361 Å². The molecular formula is C77H134O6. The lowest BCUT2D eigenvalue weighted by Crippen LogP contribution is -2.30. The zero-order valence-corrected chi connectivity index (χ0v) is 54.9. The first kappa shape index (κ1) is 79.3. The third kappa shape index (κ3) is 69.0. The minimum atomic E-state index is -0.785. The smallest absolute Gasteiger partial charge is 0.306 e. The molecule has 83 heavy (non-hydrogen) atoms. The maximum Gasteiger partial charge on any atom is 0.306 e. The quantitative estimate of drug-likeness (QED) is 0.0261. The van der Waals surface area contributed by atoms with Gasteiger partial charge in [0.05, 0.1) is 0 Å². The molecule has 6 heteroatoms. The predicted octanol–water partition coefficient (Wildman–Crippen LogP) is 24.8. The van der Waals surface area contributed by atoms with Gasteiger partial charge in [0.15, 0.2) is 6.10 Å². The van der Waals surface area contributed by atoms with E-state index >= 15 is 0 Å². The largest absolute Gasteiger partial charge is 0.462 e. The van der Waals surface area contributed by atoms with E-state index in [1.165, 1.54) is 212 Å². The highest BCUT2D eigenvalue weighted by atomic mass is 16.6. The summed E-state index contributed by atoms with van der Waals surface area (Å²) < 4.78 is 17.0. The lowest BCUT2D eigenvalue weighted by molar-refractivity contribution is -0.167. The maximum absolute atomic E-state index is 13.0. The van der Waals surface area contributed by atoms with Gasteiger partial charge in [0.25, 0.3) is 0 Å². The molecule has 0 aromatic carbocycles. The standard InChI is InChI=1S/C77H134O6/c1-4-7-10-13-16-19-22-25-28-30-32-34-35-36-37-38-39-40-41-43-44-46-49-52-55-58-61-64-67-70-76(79)82-73-74(72-81-75(78)69-66-63-60-57-54-51-48-27-24-21-18-15-12-9-6-3)83-77(80)71-68-65-62-59-56-53-50-47-45-42-33-31-29-26-23-20-17-14-11-8-5-2/h7,10,16,19,23,25-28,31-34,36-37,48,74H,4-6,8-9,11-15,17-18,20-22,24,29-30,35,38-47,49-73H2,1-3H3/b10-7-,19-16-,26-23-,28-25-,33-31-,34-32-,37-36-,48-27-. The lowest BCUT2D eigenvalue weighted by atomic mass is 10.0. The summed E-state index contributed by atoms with van der Waals surface area (Å²) >= 11 is 0. The molecule has 0 aliphatic carbocycles. The van der Waals surface area contributed by atoms with E-state index in [0.29, 0.717) is 19.3 Å². The third-order valence-electron chi connectivity index (χ3n) is 15.5. The fraction of sp³-hybridized carbons (Fsp3) is 0.753. The SMILES string of the molecule is CC/C=C\C/C=C\C/C=C\C/C=C\C/C=C\CCCCCCCCCCCCCCCC(=O)OCC(COC(=O)CCCCCCC/C=C\CCCCCCCC)OC(=O)CCCCCCCCCCC/C=C\C/C=C\CCCCCCC. The van der Waals surface area contributed by atoms with E-state index in [4.69, 9.17) is 14.2 Å². The monoisotopic (exact) mass is 1160 g/mol. The number of rotatable bonds is 65. The molecule has 1 atom stereocenters. The van der Waals surface area contributed by atoms with Crippen molar-refractivity contribution in [2.75, 3.05) is 13.2 Å². The van der Waals surface area contributed by atoms with E-state index in [1.54, 1.807) is 0 Å². The van der Waals surface area contributed by atoms with Crippen molar-refractivity contribution >= 4 is 17.9 Å². The third-order valence-corrected chi connectivity index (χ3v) is 15.5. The van der Waals surface area contributed by atoms with Crippen LogP contribution in [0.1, 0.15) is 355 Å². The van der Waals surface area contributed by atoms with Crippen molar-refractivity contribution in [3.8, 4) is 0 Å². The first-order valence-electron chi connectivity index (χ1n) is 35.7.